The summed E-state index contributed by atoms with van der Waals surface area (Å²) in [5.74, 6) is 0.499. The van der Waals surface area contributed by atoms with Crippen LogP contribution in [-0.2, 0) is 0 Å². The molecule has 0 amide bonds. The van der Waals surface area contributed by atoms with Crippen LogP contribution in [0.4, 0.5) is 27.4 Å². The predicted molar refractivity (Wildman–Crippen MR) is 101 cm³/mol. The van der Waals surface area contributed by atoms with Gasteiger partial charge in [-0.3, -0.25) is 10.1 Å². The van der Waals surface area contributed by atoms with Crippen LogP contribution in [0.2, 0.25) is 0 Å². The van der Waals surface area contributed by atoms with E-state index in [9.17, 15) is 14.5 Å². The van der Waals surface area contributed by atoms with Gasteiger partial charge in [0.2, 0.25) is 11.6 Å². The van der Waals surface area contributed by atoms with Crippen LogP contribution >= 0.6 is 0 Å². The van der Waals surface area contributed by atoms with Crippen molar-refractivity contribution in [1.29, 1.82) is 0 Å². The molecular weight excluding hydrogens is 351 g/mol. The first kappa shape index (κ1) is 17.4. The number of halogens is 1. The topological polar surface area (TPSA) is 78.6 Å². The van der Waals surface area contributed by atoms with E-state index in [0.29, 0.717) is 43.5 Å². The lowest BCUT2D eigenvalue weighted by Gasteiger charge is -2.36. The first-order valence-corrected chi connectivity index (χ1v) is 9.14. The quantitative estimate of drug-likeness (QED) is 0.602. The summed E-state index contributed by atoms with van der Waals surface area (Å²) in [6, 6.07) is 6.67. The highest BCUT2D eigenvalue weighted by molar-refractivity contribution is 5.72. The van der Waals surface area contributed by atoms with E-state index in [1.54, 1.807) is 12.1 Å². The minimum atomic E-state index is -0.383. The maximum absolute atomic E-state index is 14.0. The van der Waals surface area contributed by atoms with Crippen molar-refractivity contribution in [2.45, 2.75) is 12.8 Å². The molecule has 0 N–H and O–H groups in total. The summed E-state index contributed by atoms with van der Waals surface area (Å²) < 4.78 is 14.0. The van der Waals surface area contributed by atoms with Crippen molar-refractivity contribution in [2.24, 2.45) is 0 Å². The van der Waals surface area contributed by atoms with Crippen molar-refractivity contribution in [1.82, 2.24) is 9.97 Å². The molecule has 0 aliphatic carbocycles. The molecule has 2 aliphatic heterocycles. The van der Waals surface area contributed by atoms with Crippen LogP contribution in [0.15, 0.2) is 30.6 Å². The van der Waals surface area contributed by atoms with Gasteiger partial charge in [-0.2, -0.15) is 0 Å². The van der Waals surface area contributed by atoms with Gasteiger partial charge in [0.25, 0.3) is 0 Å². The van der Waals surface area contributed by atoms with E-state index >= 15 is 0 Å². The Morgan fingerprint density at radius 2 is 1.44 bits per heavy atom. The number of rotatable bonds is 4. The lowest BCUT2D eigenvalue weighted by molar-refractivity contribution is -0.383. The predicted octanol–water partition coefficient (Wildman–Crippen LogP) is 2.45. The number of hydrogen-bond donors (Lipinski definition) is 0. The van der Waals surface area contributed by atoms with Crippen LogP contribution < -0.4 is 14.7 Å². The van der Waals surface area contributed by atoms with E-state index in [4.69, 9.17) is 0 Å². The second kappa shape index (κ2) is 7.34. The summed E-state index contributed by atoms with van der Waals surface area (Å²) in [6.07, 6.45) is 3.43. The fraction of sp³-hybridized carbons (Fsp3) is 0.444. The van der Waals surface area contributed by atoms with Crippen molar-refractivity contribution >= 4 is 23.0 Å². The standard InChI is InChI=1S/C18H21FN6O2/c19-14-5-1-2-6-15(14)22-9-11-24(12-10-22)18-16(25(26)27)17(20-13-21-18)23-7-3-4-8-23/h1-2,5-6,13H,3-4,7-12H2. The zero-order valence-corrected chi connectivity index (χ0v) is 14.9. The average Bonchev–Trinajstić information content (AvgIpc) is 3.22. The van der Waals surface area contributed by atoms with Gasteiger partial charge in [0.1, 0.15) is 12.1 Å². The first-order chi connectivity index (χ1) is 13.1. The van der Waals surface area contributed by atoms with E-state index in [1.165, 1.54) is 12.4 Å². The van der Waals surface area contributed by atoms with Gasteiger partial charge in [0.05, 0.1) is 10.6 Å². The molecule has 3 heterocycles. The van der Waals surface area contributed by atoms with Gasteiger partial charge in [-0.25, -0.2) is 14.4 Å². The Morgan fingerprint density at radius 3 is 2.04 bits per heavy atom. The zero-order valence-electron chi connectivity index (χ0n) is 14.9. The molecule has 2 saturated heterocycles. The second-order valence-electron chi connectivity index (χ2n) is 6.75. The summed E-state index contributed by atoms with van der Waals surface area (Å²) in [4.78, 5) is 25.6. The second-order valence-corrected chi connectivity index (χ2v) is 6.75. The molecule has 27 heavy (non-hydrogen) atoms. The van der Waals surface area contributed by atoms with Crippen LogP contribution in [0.5, 0.6) is 0 Å². The highest BCUT2D eigenvalue weighted by atomic mass is 19.1. The maximum atomic E-state index is 14.0. The average molecular weight is 372 g/mol. The molecule has 2 aromatic rings. The van der Waals surface area contributed by atoms with Gasteiger partial charge in [-0.05, 0) is 25.0 Å². The number of anilines is 3. The van der Waals surface area contributed by atoms with Crippen LogP contribution in [-0.4, -0.2) is 54.2 Å². The molecular formula is C18H21FN6O2. The third-order valence-electron chi connectivity index (χ3n) is 5.14. The lowest BCUT2D eigenvalue weighted by Crippen LogP contribution is -2.47. The number of benzene rings is 1. The highest BCUT2D eigenvalue weighted by Crippen LogP contribution is 2.36. The molecule has 2 aliphatic rings. The van der Waals surface area contributed by atoms with Crippen molar-refractivity contribution in [3.8, 4) is 0 Å². The van der Waals surface area contributed by atoms with Gasteiger partial charge in [-0.15, -0.1) is 0 Å². The molecule has 0 bridgehead atoms. The summed E-state index contributed by atoms with van der Waals surface area (Å²) >= 11 is 0. The molecule has 9 heteroatoms. The van der Waals surface area contributed by atoms with Crippen LogP contribution in [0.25, 0.3) is 0 Å². The Balaban J connectivity index is 1.57. The monoisotopic (exact) mass is 372 g/mol. The van der Waals surface area contributed by atoms with E-state index in [-0.39, 0.29) is 16.4 Å². The summed E-state index contributed by atoms with van der Waals surface area (Å²) in [6.45, 7) is 3.76. The number of aromatic nitrogens is 2. The first-order valence-electron chi connectivity index (χ1n) is 9.14. The van der Waals surface area contributed by atoms with Crippen molar-refractivity contribution in [3.63, 3.8) is 0 Å². The maximum Gasteiger partial charge on any atom is 0.353 e. The molecule has 1 aromatic heterocycles. The molecule has 1 aromatic carbocycles. The summed E-state index contributed by atoms with van der Waals surface area (Å²) in [5.41, 5.74) is 0.533. The largest absolute Gasteiger partial charge is 0.366 e. The van der Waals surface area contributed by atoms with Gasteiger partial charge in [0, 0.05) is 39.3 Å². The molecule has 0 unspecified atom stereocenters. The smallest absolute Gasteiger partial charge is 0.353 e. The molecule has 142 valence electrons. The highest BCUT2D eigenvalue weighted by Gasteiger charge is 2.32. The molecule has 0 radical (unpaired) electrons. The molecule has 2 fully saturated rings. The number of para-hydroxylation sites is 1. The Labute approximate surface area is 156 Å². The van der Waals surface area contributed by atoms with Crippen LogP contribution in [0.1, 0.15) is 12.8 Å². The number of nitrogens with zero attached hydrogens (tertiary/aromatic N) is 6. The van der Waals surface area contributed by atoms with Crippen molar-refractivity contribution < 1.29 is 9.31 Å². The summed E-state index contributed by atoms with van der Waals surface area (Å²) in [7, 11) is 0. The molecule has 0 saturated carbocycles. The number of piperazine rings is 1. The molecule has 0 atom stereocenters. The minimum Gasteiger partial charge on any atom is -0.366 e. The van der Waals surface area contributed by atoms with Gasteiger partial charge in [-0.1, -0.05) is 12.1 Å². The van der Waals surface area contributed by atoms with Crippen molar-refractivity contribution in [3.05, 3.63) is 46.5 Å². The normalized spacial score (nSPS) is 17.4. The Morgan fingerprint density at radius 1 is 0.889 bits per heavy atom. The van der Waals surface area contributed by atoms with E-state index < -0.39 is 0 Å². The van der Waals surface area contributed by atoms with E-state index in [1.807, 2.05) is 20.8 Å². The van der Waals surface area contributed by atoms with Crippen molar-refractivity contribution in [2.75, 3.05) is 54.0 Å². The van der Waals surface area contributed by atoms with Gasteiger partial charge in [0.15, 0.2) is 0 Å². The molecule has 0 spiro atoms. The minimum absolute atomic E-state index is 0.0289. The van der Waals surface area contributed by atoms with Crippen LogP contribution in [0, 0.1) is 15.9 Å². The number of nitro groups is 1. The Kier molecular flexibility index (Phi) is 4.74. The fourth-order valence-electron chi connectivity index (χ4n) is 3.78. The Bertz CT molecular complexity index is 834. The van der Waals surface area contributed by atoms with Gasteiger partial charge < -0.3 is 14.7 Å². The molecule has 8 nitrogen and oxygen atoms in total. The van der Waals surface area contributed by atoms with E-state index in [2.05, 4.69) is 9.97 Å². The third-order valence-corrected chi connectivity index (χ3v) is 5.14. The van der Waals surface area contributed by atoms with Crippen LogP contribution in [0.3, 0.4) is 0 Å². The van der Waals surface area contributed by atoms with Gasteiger partial charge >= 0.3 is 5.69 Å². The fourth-order valence-corrected chi connectivity index (χ4v) is 3.78. The Hall–Kier alpha value is -2.97. The number of hydrogen-bond acceptors (Lipinski definition) is 7. The zero-order chi connectivity index (χ0) is 18.8. The third kappa shape index (κ3) is 3.36. The lowest BCUT2D eigenvalue weighted by atomic mass is 10.2. The molecule has 4 rings (SSSR count). The van der Waals surface area contributed by atoms with E-state index in [0.717, 1.165) is 25.9 Å². The summed E-state index contributed by atoms with van der Waals surface area (Å²) in [5, 5.41) is 11.8. The SMILES string of the molecule is O=[N+]([O-])c1c(N2CCCC2)ncnc1N1CCN(c2ccccc2F)CC1.